The Kier molecular flexibility index (Phi) is 6.74. The van der Waals surface area contributed by atoms with Gasteiger partial charge in [0.25, 0.3) is 0 Å². The molecule has 0 radical (unpaired) electrons. The largest absolute Gasteiger partial charge is 0.457 e. The maximum atomic E-state index is 6.53. The first-order chi connectivity index (χ1) is 25.2. The third kappa shape index (κ3) is 4.65. The van der Waals surface area contributed by atoms with Crippen molar-refractivity contribution in [2.75, 3.05) is 13.1 Å². The first-order valence-corrected chi connectivity index (χ1v) is 17.1. The van der Waals surface area contributed by atoms with E-state index in [0.717, 1.165) is 33.3 Å². The number of hydrogen-bond donors (Lipinski definition) is 2. The van der Waals surface area contributed by atoms with Crippen LogP contribution in [0.5, 0.6) is 23.0 Å². The highest BCUT2D eigenvalue weighted by Crippen LogP contribution is 2.47. The van der Waals surface area contributed by atoms with Crippen molar-refractivity contribution in [1.29, 1.82) is 0 Å². The lowest BCUT2D eigenvalue weighted by Gasteiger charge is -2.13. The molecule has 2 aromatic heterocycles. The average Bonchev–Trinajstić information content (AvgIpc) is 3.79. The van der Waals surface area contributed by atoms with Gasteiger partial charge in [-0.3, -0.25) is 4.57 Å². The molecule has 8 aromatic rings. The molecule has 246 valence electrons. The smallest absolute Gasteiger partial charge is 0.237 e. The van der Waals surface area contributed by atoms with E-state index in [9.17, 15) is 0 Å². The van der Waals surface area contributed by atoms with Crippen LogP contribution in [0.1, 0.15) is 34.1 Å². The molecule has 10 rings (SSSR count). The highest BCUT2D eigenvalue weighted by atomic mass is 16.5. The fourth-order valence-electron chi connectivity index (χ4n) is 8.15. The molecule has 51 heavy (non-hydrogen) atoms. The number of benzene rings is 6. The van der Waals surface area contributed by atoms with Crippen LogP contribution in [0.15, 0.2) is 134 Å². The Morgan fingerprint density at radius 2 is 0.922 bits per heavy atom. The molecule has 0 saturated heterocycles. The second kappa shape index (κ2) is 11.6. The van der Waals surface area contributed by atoms with E-state index in [0.29, 0.717) is 30.5 Å². The Balaban J connectivity index is 1.03. The van der Waals surface area contributed by atoms with Gasteiger partial charge in [0, 0.05) is 47.8 Å². The zero-order valence-corrected chi connectivity index (χ0v) is 27.5. The summed E-state index contributed by atoms with van der Waals surface area (Å²) in [6, 6.07) is 41.8. The minimum Gasteiger partial charge on any atom is -0.457 e. The fraction of sp³-hybridized carbons (Fsp3) is 0.0930. The van der Waals surface area contributed by atoms with Crippen LogP contribution in [0, 0.1) is 0 Å². The molecule has 0 spiro atoms. The van der Waals surface area contributed by atoms with E-state index >= 15 is 0 Å². The van der Waals surface area contributed by atoms with Crippen molar-refractivity contribution < 1.29 is 9.47 Å². The second-order valence-electron chi connectivity index (χ2n) is 13.1. The first-order valence-electron chi connectivity index (χ1n) is 17.1. The van der Waals surface area contributed by atoms with Crippen molar-refractivity contribution in [3.8, 4) is 51.2 Å². The third-order valence-electron chi connectivity index (χ3n) is 10.4. The van der Waals surface area contributed by atoms with E-state index < -0.39 is 0 Å². The number of fused-ring (bicyclic) bond motifs is 9. The molecule has 0 fully saturated rings. The van der Waals surface area contributed by atoms with Crippen molar-refractivity contribution in [2.45, 2.75) is 11.8 Å². The molecule has 0 amide bonds. The molecule has 2 heterocycles. The van der Waals surface area contributed by atoms with Gasteiger partial charge >= 0.3 is 0 Å². The van der Waals surface area contributed by atoms with E-state index in [1.54, 1.807) is 0 Å². The number of aromatic nitrogens is 4. The number of nitrogens with two attached hydrogens (primary N) is 2. The van der Waals surface area contributed by atoms with Gasteiger partial charge in [0.1, 0.15) is 35.7 Å². The zero-order chi connectivity index (χ0) is 34.1. The number of nitrogens with zero attached hydrogens (tertiary/aromatic N) is 4. The predicted molar refractivity (Wildman–Crippen MR) is 200 cm³/mol. The summed E-state index contributed by atoms with van der Waals surface area (Å²) in [5.41, 5.74) is 24.1. The van der Waals surface area contributed by atoms with Gasteiger partial charge in [-0.05, 0) is 93.0 Å². The molecule has 2 aliphatic rings. The van der Waals surface area contributed by atoms with Crippen LogP contribution in [0.2, 0.25) is 0 Å². The minimum absolute atomic E-state index is 0.139. The van der Waals surface area contributed by atoms with Gasteiger partial charge in [-0.1, -0.05) is 60.7 Å². The maximum Gasteiger partial charge on any atom is 0.237 e. The highest BCUT2D eigenvalue weighted by molar-refractivity contribution is 6.09. The van der Waals surface area contributed by atoms with Gasteiger partial charge in [-0.25, -0.2) is 15.0 Å². The minimum atomic E-state index is 0.139. The van der Waals surface area contributed by atoms with Gasteiger partial charge in [-0.2, -0.15) is 0 Å². The van der Waals surface area contributed by atoms with Gasteiger partial charge in [-0.15, -0.1) is 0 Å². The Morgan fingerprint density at radius 1 is 0.490 bits per heavy atom. The molecule has 2 aliphatic carbocycles. The Morgan fingerprint density at radius 3 is 1.41 bits per heavy atom. The fourth-order valence-corrected chi connectivity index (χ4v) is 8.15. The van der Waals surface area contributed by atoms with Crippen molar-refractivity contribution in [1.82, 2.24) is 19.5 Å². The van der Waals surface area contributed by atoms with Crippen LogP contribution in [0.3, 0.4) is 0 Å². The summed E-state index contributed by atoms with van der Waals surface area (Å²) in [5, 5.41) is 2.08. The number of ether oxygens (including phenoxy) is 2. The summed E-state index contributed by atoms with van der Waals surface area (Å²) >= 11 is 0. The van der Waals surface area contributed by atoms with Crippen LogP contribution in [-0.4, -0.2) is 32.6 Å². The Labute approximate surface area is 294 Å². The van der Waals surface area contributed by atoms with E-state index in [2.05, 4.69) is 99.9 Å². The molecular formula is C43H32N6O2. The van der Waals surface area contributed by atoms with Crippen LogP contribution < -0.4 is 20.9 Å². The first kappa shape index (κ1) is 29.6. The van der Waals surface area contributed by atoms with Gasteiger partial charge in [0.15, 0.2) is 0 Å². The second-order valence-corrected chi connectivity index (χ2v) is 13.1. The molecule has 2 unspecified atom stereocenters. The number of hydrogen-bond acceptors (Lipinski definition) is 7. The van der Waals surface area contributed by atoms with Crippen molar-refractivity contribution in [2.24, 2.45) is 11.5 Å². The van der Waals surface area contributed by atoms with Crippen molar-refractivity contribution in [3.63, 3.8) is 0 Å². The molecule has 6 aromatic carbocycles. The van der Waals surface area contributed by atoms with Gasteiger partial charge in [0.2, 0.25) is 5.95 Å². The van der Waals surface area contributed by atoms with Crippen LogP contribution in [0.25, 0.3) is 50.0 Å². The van der Waals surface area contributed by atoms with Crippen LogP contribution >= 0.6 is 0 Å². The van der Waals surface area contributed by atoms with E-state index in [1.165, 1.54) is 57.2 Å². The number of rotatable bonds is 7. The Bertz CT molecular complexity index is 2490. The predicted octanol–water partition coefficient (Wildman–Crippen LogP) is 8.70. The summed E-state index contributed by atoms with van der Waals surface area (Å²) in [7, 11) is 0. The topological polar surface area (TPSA) is 114 Å². The summed E-state index contributed by atoms with van der Waals surface area (Å²) in [6.45, 7) is 1.07. The summed E-state index contributed by atoms with van der Waals surface area (Å²) in [5.74, 6) is 3.69. The van der Waals surface area contributed by atoms with Gasteiger partial charge < -0.3 is 20.9 Å². The van der Waals surface area contributed by atoms with Gasteiger partial charge in [0.05, 0.1) is 11.0 Å². The molecule has 2 atom stereocenters. The molecular weight excluding hydrogens is 633 g/mol. The molecule has 8 heteroatoms. The van der Waals surface area contributed by atoms with Crippen molar-refractivity contribution in [3.05, 3.63) is 156 Å². The molecule has 4 N–H and O–H groups in total. The van der Waals surface area contributed by atoms with E-state index in [1.807, 2.05) is 41.0 Å². The third-order valence-corrected chi connectivity index (χ3v) is 10.4. The highest BCUT2D eigenvalue weighted by Gasteiger charge is 2.29. The lowest BCUT2D eigenvalue weighted by Crippen LogP contribution is -2.11. The maximum absolute atomic E-state index is 6.53. The summed E-state index contributed by atoms with van der Waals surface area (Å²) < 4.78 is 15.1. The van der Waals surface area contributed by atoms with Crippen LogP contribution in [-0.2, 0) is 0 Å². The summed E-state index contributed by atoms with van der Waals surface area (Å²) in [6.07, 6.45) is 3.01. The molecule has 0 aliphatic heterocycles. The lowest BCUT2D eigenvalue weighted by atomic mass is 9.97. The summed E-state index contributed by atoms with van der Waals surface area (Å²) in [4.78, 5) is 13.1. The molecule has 0 bridgehead atoms. The molecule has 8 nitrogen and oxygen atoms in total. The van der Waals surface area contributed by atoms with E-state index in [4.69, 9.17) is 20.9 Å². The van der Waals surface area contributed by atoms with Crippen molar-refractivity contribution >= 4 is 21.8 Å². The lowest BCUT2D eigenvalue weighted by molar-refractivity contribution is 0.482. The van der Waals surface area contributed by atoms with E-state index in [-0.39, 0.29) is 11.8 Å². The Hall–Kier alpha value is -6.35. The normalized spacial score (nSPS) is 15.4. The zero-order valence-electron chi connectivity index (χ0n) is 27.5. The SMILES string of the molecule is NCC1c2ccccc2-c2ccc(Oc3ccc4c5ccc(Oc6ccc7c(c6)C(CN)c6ccccc6-7)cc5n(-c5ncncn5)c4c3)cc21. The van der Waals surface area contributed by atoms with Crippen LogP contribution in [0.4, 0.5) is 0 Å². The molecule has 0 saturated carbocycles. The quantitative estimate of drug-likeness (QED) is 0.175. The average molecular weight is 665 g/mol. The monoisotopic (exact) mass is 664 g/mol. The standard InChI is InChI=1S/C43H32N6O2/c44-21-39-31-7-3-1-5-29(31)33-13-9-25(17-37(33)39)50-27-11-15-35-36-16-12-28(20-42(36)49(41(35)19-27)43-47-23-46-24-48-43)51-26-10-14-34-30-6-2-4-8-32(30)40(22-45)38(34)18-26/h1-20,23-24,39-40H,21-22,44-45H2.